The molecule has 0 bridgehead atoms. The molecule has 1 N–H and O–H groups in total. The summed E-state index contributed by atoms with van der Waals surface area (Å²) < 4.78 is 53.4. The molecule has 1 aromatic rings. The predicted molar refractivity (Wildman–Crippen MR) is 66.9 cm³/mol. The van der Waals surface area contributed by atoms with Crippen LogP contribution in [0.25, 0.3) is 0 Å². The van der Waals surface area contributed by atoms with Crippen LogP contribution >= 0.6 is 0 Å². The molecule has 1 aliphatic rings. The van der Waals surface area contributed by atoms with E-state index in [9.17, 15) is 17.2 Å². The first-order chi connectivity index (χ1) is 8.94. The van der Waals surface area contributed by atoms with Crippen LogP contribution in [0, 0.1) is 11.6 Å². The van der Waals surface area contributed by atoms with Gasteiger partial charge in [-0.2, -0.15) is 0 Å². The van der Waals surface area contributed by atoms with Gasteiger partial charge in [0.05, 0.1) is 11.5 Å². The Bertz CT molecular complexity index is 528. The van der Waals surface area contributed by atoms with Gasteiger partial charge < -0.3 is 10.1 Å². The lowest BCUT2D eigenvalue weighted by Crippen LogP contribution is -2.33. The molecule has 7 heteroatoms. The van der Waals surface area contributed by atoms with E-state index in [0.29, 0.717) is 13.0 Å². The molecule has 0 spiro atoms. The standard InChI is InChI=1S/C12H15F2NO3S/c13-9-5-10(14)7-12(6-9)18-3-2-15-11-1-4-19(16,17)8-11/h5-7,11,15H,1-4,8H2. The molecule has 19 heavy (non-hydrogen) atoms. The van der Waals surface area contributed by atoms with Crippen LogP contribution in [0.5, 0.6) is 5.75 Å². The molecule has 4 nitrogen and oxygen atoms in total. The minimum absolute atomic E-state index is 0.0576. The zero-order chi connectivity index (χ0) is 13.9. The van der Waals surface area contributed by atoms with Crippen molar-refractivity contribution < 1.29 is 21.9 Å². The van der Waals surface area contributed by atoms with Crippen molar-refractivity contribution in [3.8, 4) is 5.75 Å². The normalized spacial score (nSPS) is 21.5. The average Bonchev–Trinajstić information content (AvgIpc) is 2.63. The van der Waals surface area contributed by atoms with Crippen LogP contribution in [0.2, 0.25) is 0 Å². The number of sulfone groups is 1. The Morgan fingerprint density at radius 1 is 1.26 bits per heavy atom. The van der Waals surface area contributed by atoms with Crippen molar-refractivity contribution in [3.05, 3.63) is 29.8 Å². The van der Waals surface area contributed by atoms with E-state index in [-0.39, 0.29) is 29.9 Å². The van der Waals surface area contributed by atoms with Gasteiger partial charge in [-0.1, -0.05) is 0 Å². The highest BCUT2D eigenvalue weighted by Gasteiger charge is 2.26. The summed E-state index contributed by atoms with van der Waals surface area (Å²) in [5.41, 5.74) is 0. The summed E-state index contributed by atoms with van der Waals surface area (Å²) in [5.74, 6) is -0.907. The highest BCUT2D eigenvalue weighted by molar-refractivity contribution is 7.91. The van der Waals surface area contributed by atoms with E-state index in [1.165, 1.54) is 0 Å². The van der Waals surface area contributed by atoms with Gasteiger partial charge in [-0.3, -0.25) is 0 Å². The third kappa shape index (κ3) is 4.43. The second kappa shape index (κ2) is 5.83. The number of ether oxygens (including phenoxy) is 1. The quantitative estimate of drug-likeness (QED) is 0.826. The van der Waals surface area contributed by atoms with E-state index in [0.717, 1.165) is 18.2 Å². The molecular weight excluding hydrogens is 276 g/mol. The molecule has 0 aromatic heterocycles. The average molecular weight is 291 g/mol. The lowest BCUT2D eigenvalue weighted by molar-refractivity contribution is 0.304. The van der Waals surface area contributed by atoms with E-state index in [4.69, 9.17) is 4.74 Å². The van der Waals surface area contributed by atoms with E-state index in [1.54, 1.807) is 0 Å². The van der Waals surface area contributed by atoms with Gasteiger partial charge in [0.2, 0.25) is 0 Å². The fourth-order valence-electron chi connectivity index (χ4n) is 2.00. The third-order valence-electron chi connectivity index (χ3n) is 2.87. The Labute approximate surface area is 110 Å². The van der Waals surface area contributed by atoms with E-state index in [2.05, 4.69) is 5.32 Å². The van der Waals surface area contributed by atoms with Crippen molar-refractivity contribution in [2.24, 2.45) is 0 Å². The Kier molecular flexibility index (Phi) is 4.36. The SMILES string of the molecule is O=S1(=O)CCC(NCCOc2cc(F)cc(F)c2)C1. The molecule has 1 unspecified atom stereocenters. The minimum atomic E-state index is -2.90. The maximum absolute atomic E-state index is 12.9. The topological polar surface area (TPSA) is 55.4 Å². The maximum atomic E-state index is 12.9. The Hall–Kier alpha value is -1.21. The first-order valence-electron chi connectivity index (χ1n) is 5.97. The fourth-order valence-corrected chi connectivity index (χ4v) is 3.71. The number of hydrogen-bond acceptors (Lipinski definition) is 4. The van der Waals surface area contributed by atoms with Crippen molar-refractivity contribution in [1.29, 1.82) is 0 Å². The summed E-state index contributed by atoms with van der Waals surface area (Å²) in [6.07, 6.45) is 0.594. The molecule has 1 heterocycles. The summed E-state index contributed by atoms with van der Waals surface area (Å²) in [4.78, 5) is 0. The molecule has 0 aliphatic carbocycles. The molecule has 106 valence electrons. The first kappa shape index (κ1) is 14.2. The van der Waals surface area contributed by atoms with Crippen molar-refractivity contribution in [2.75, 3.05) is 24.7 Å². The van der Waals surface area contributed by atoms with Gasteiger partial charge in [-0.05, 0) is 6.42 Å². The molecule has 1 atom stereocenters. The second-order valence-corrected chi connectivity index (χ2v) is 6.74. The van der Waals surface area contributed by atoms with Crippen LogP contribution < -0.4 is 10.1 Å². The summed E-state index contributed by atoms with van der Waals surface area (Å²) in [6.45, 7) is 0.651. The molecule has 0 radical (unpaired) electrons. The van der Waals surface area contributed by atoms with Gasteiger partial charge in [-0.25, -0.2) is 17.2 Å². The predicted octanol–water partition coefficient (Wildman–Crippen LogP) is 1.12. The number of nitrogens with one attached hydrogen (secondary N) is 1. The monoisotopic (exact) mass is 291 g/mol. The number of rotatable bonds is 5. The lowest BCUT2D eigenvalue weighted by atomic mass is 10.3. The molecule has 0 saturated carbocycles. The Morgan fingerprint density at radius 2 is 1.95 bits per heavy atom. The molecule has 1 aliphatic heterocycles. The van der Waals surface area contributed by atoms with Crippen LogP contribution in [-0.2, 0) is 9.84 Å². The Morgan fingerprint density at radius 3 is 2.53 bits per heavy atom. The number of benzene rings is 1. The zero-order valence-electron chi connectivity index (χ0n) is 10.2. The van der Waals surface area contributed by atoms with Crippen LogP contribution in [0.1, 0.15) is 6.42 Å². The molecule has 1 fully saturated rings. The van der Waals surface area contributed by atoms with Crippen LogP contribution in [0.3, 0.4) is 0 Å². The maximum Gasteiger partial charge on any atom is 0.151 e. The summed E-state index contributed by atoms with van der Waals surface area (Å²) in [5, 5.41) is 3.05. The van der Waals surface area contributed by atoms with Gasteiger partial charge in [-0.15, -0.1) is 0 Å². The zero-order valence-corrected chi connectivity index (χ0v) is 11.1. The smallest absolute Gasteiger partial charge is 0.151 e. The van der Waals surface area contributed by atoms with Crippen LogP contribution in [0.15, 0.2) is 18.2 Å². The van der Waals surface area contributed by atoms with Crippen molar-refractivity contribution in [3.63, 3.8) is 0 Å². The summed E-state index contributed by atoms with van der Waals surface area (Å²) in [7, 11) is -2.90. The van der Waals surface area contributed by atoms with Gasteiger partial charge in [0.25, 0.3) is 0 Å². The van der Waals surface area contributed by atoms with E-state index >= 15 is 0 Å². The van der Waals surface area contributed by atoms with Crippen LogP contribution in [0.4, 0.5) is 8.78 Å². The third-order valence-corrected chi connectivity index (χ3v) is 4.64. The van der Waals surface area contributed by atoms with E-state index < -0.39 is 21.5 Å². The minimum Gasteiger partial charge on any atom is -0.492 e. The second-order valence-electron chi connectivity index (χ2n) is 4.51. The fraction of sp³-hybridized carbons (Fsp3) is 0.500. The first-order valence-corrected chi connectivity index (χ1v) is 7.79. The lowest BCUT2D eigenvalue weighted by Gasteiger charge is -2.11. The van der Waals surface area contributed by atoms with Crippen molar-refractivity contribution in [1.82, 2.24) is 5.32 Å². The van der Waals surface area contributed by atoms with Gasteiger partial charge in [0.15, 0.2) is 9.84 Å². The molecule has 2 rings (SSSR count). The molecular formula is C12H15F2NO3S. The summed E-state index contributed by atoms with van der Waals surface area (Å²) >= 11 is 0. The van der Waals surface area contributed by atoms with Crippen molar-refractivity contribution in [2.45, 2.75) is 12.5 Å². The van der Waals surface area contributed by atoms with Crippen molar-refractivity contribution >= 4 is 9.84 Å². The Balaban J connectivity index is 1.72. The molecule has 0 amide bonds. The van der Waals surface area contributed by atoms with Crippen LogP contribution in [-0.4, -0.2) is 39.1 Å². The molecule has 1 aromatic carbocycles. The number of halogens is 2. The highest BCUT2D eigenvalue weighted by atomic mass is 32.2. The molecule has 1 saturated heterocycles. The largest absolute Gasteiger partial charge is 0.492 e. The van der Waals surface area contributed by atoms with E-state index in [1.807, 2.05) is 0 Å². The van der Waals surface area contributed by atoms with Gasteiger partial charge >= 0.3 is 0 Å². The highest BCUT2D eigenvalue weighted by Crippen LogP contribution is 2.15. The van der Waals surface area contributed by atoms with Gasteiger partial charge in [0, 0.05) is 30.8 Å². The summed E-state index contributed by atoms with van der Waals surface area (Å²) in [6, 6.07) is 2.92. The number of hydrogen-bond donors (Lipinski definition) is 1. The van der Waals surface area contributed by atoms with Gasteiger partial charge in [0.1, 0.15) is 24.0 Å².